The van der Waals surface area contributed by atoms with Gasteiger partial charge in [0.25, 0.3) is 0 Å². The third-order valence-electron chi connectivity index (χ3n) is 4.87. The highest BCUT2D eigenvalue weighted by atomic mass is 16.1. The van der Waals surface area contributed by atoms with Crippen LogP contribution in [0.1, 0.15) is 30.3 Å². The van der Waals surface area contributed by atoms with Crippen molar-refractivity contribution >= 4 is 5.91 Å². The highest BCUT2D eigenvalue weighted by molar-refractivity contribution is 5.77. The van der Waals surface area contributed by atoms with E-state index in [0.717, 1.165) is 38.4 Å². The van der Waals surface area contributed by atoms with Gasteiger partial charge in [-0.05, 0) is 32.6 Å². The number of aromatic nitrogens is 2. The number of hydrogen-bond donors (Lipinski definition) is 1. The number of piperidine rings is 1. The first-order valence-corrected chi connectivity index (χ1v) is 7.60. The summed E-state index contributed by atoms with van der Waals surface area (Å²) in [6.45, 7) is 11.3. The molecule has 0 unspecified atom stereocenters. The summed E-state index contributed by atoms with van der Waals surface area (Å²) in [5.74, 6) is 1.40. The van der Waals surface area contributed by atoms with Crippen LogP contribution in [-0.2, 0) is 17.9 Å². The standard InChI is InChI=1S/C15H24N4O/c1-4-19-11(3)14(10(2)17-19)9-18-7-12-5-15(20)16-6-13(12)8-18/h12-13H,4-9H2,1-3H3,(H,16,20)/t12-,13+/m0/s1. The van der Waals surface area contributed by atoms with Crippen LogP contribution in [0.5, 0.6) is 0 Å². The van der Waals surface area contributed by atoms with E-state index >= 15 is 0 Å². The van der Waals surface area contributed by atoms with Gasteiger partial charge in [0.1, 0.15) is 0 Å². The first kappa shape index (κ1) is 13.6. The number of nitrogens with one attached hydrogen (secondary N) is 1. The molecule has 2 aliphatic rings. The molecule has 0 saturated carbocycles. The predicted octanol–water partition coefficient (Wildman–Crippen LogP) is 1.09. The molecular formula is C15H24N4O. The quantitative estimate of drug-likeness (QED) is 0.899. The Bertz CT molecular complexity index is 522. The van der Waals surface area contributed by atoms with Crippen LogP contribution in [0.4, 0.5) is 0 Å². The average Bonchev–Trinajstić information content (AvgIpc) is 2.93. The summed E-state index contributed by atoms with van der Waals surface area (Å²) >= 11 is 0. The van der Waals surface area contributed by atoms with Crippen molar-refractivity contribution in [2.24, 2.45) is 11.8 Å². The van der Waals surface area contributed by atoms with E-state index in [2.05, 4.69) is 40.8 Å². The van der Waals surface area contributed by atoms with Crippen LogP contribution in [0, 0.1) is 25.7 Å². The van der Waals surface area contributed by atoms with Crippen molar-refractivity contribution in [1.82, 2.24) is 20.0 Å². The number of fused-ring (bicyclic) bond motifs is 1. The SMILES string of the molecule is CCn1nc(C)c(CN2C[C@H]3CNC(=O)C[C@H]3C2)c1C. The molecule has 2 fully saturated rings. The van der Waals surface area contributed by atoms with Crippen molar-refractivity contribution in [3.05, 3.63) is 17.0 Å². The van der Waals surface area contributed by atoms with Crippen LogP contribution < -0.4 is 5.32 Å². The van der Waals surface area contributed by atoms with Gasteiger partial charge in [0.2, 0.25) is 5.91 Å². The summed E-state index contributed by atoms with van der Waals surface area (Å²) in [5, 5.41) is 7.59. The Labute approximate surface area is 120 Å². The summed E-state index contributed by atoms with van der Waals surface area (Å²) in [7, 11) is 0. The number of aryl methyl sites for hydroxylation is 2. The number of nitrogens with zero attached hydrogens (tertiary/aromatic N) is 3. The fraction of sp³-hybridized carbons (Fsp3) is 0.733. The summed E-state index contributed by atoms with van der Waals surface area (Å²) in [6, 6.07) is 0. The van der Waals surface area contributed by atoms with Gasteiger partial charge in [-0.1, -0.05) is 0 Å². The van der Waals surface area contributed by atoms with Crippen molar-refractivity contribution in [2.45, 2.75) is 40.3 Å². The molecule has 1 aromatic heterocycles. The lowest BCUT2D eigenvalue weighted by Crippen LogP contribution is -2.39. The minimum absolute atomic E-state index is 0.222. The molecule has 0 aromatic carbocycles. The van der Waals surface area contributed by atoms with Crippen molar-refractivity contribution in [2.75, 3.05) is 19.6 Å². The summed E-state index contributed by atoms with van der Waals surface area (Å²) in [4.78, 5) is 14.0. The lowest BCUT2D eigenvalue weighted by Gasteiger charge is -2.23. The van der Waals surface area contributed by atoms with Crippen molar-refractivity contribution in [3.8, 4) is 0 Å². The molecule has 0 radical (unpaired) electrons. The molecule has 5 heteroatoms. The maximum atomic E-state index is 11.5. The van der Waals surface area contributed by atoms with E-state index in [4.69, 9.17) is 0 Å². The van der Waals surface area contributed by atoms with Gasteiger partial charge in [0.05, 0.1) is 5.69 Å². The zero-order valence-corrected chi connectivity index (χ0v) is 12.6. The van der Waals surface area contributed by atoms with Crippen LogP contribution in [0.25, 0.3) is 0 Å². The molecule has 2 atom stereocenters. The van der Waals surface area contributed by atoms with Gasteiger partial charge in [-0.2, -0.15) is 5.10 Å². The normalized spacial score (nSPS) is 26.6. The zero-order valence-electron chi connectivity index (χ0n) is 12.6. The molecule has 2 aliphatic heterocycles. The smallest absolute Gasteiger partial charge is 0.220 e. The van der Waals surface area contributed by atoms with Crippen molar-refractivity contribution in [3.63, 3.8) is 0 Å². The van der Waals surface area contributed by atoms with E-state index in [1.807, 2.05) is 0 Å². The molecule has 5 nitrogen and oxygen atoms in total. The van der Waals surface area contributed by atoms with Crippen LogP contribution in [-0.4, -0.2) is 40.2 Å². The van der Waals surface area contributed by atoms with Gasteiger partial charge in [-0.25, -0.2) is 0 Å². The van der Waals surface area contributed by atoms with Crippen LogP contribution in [0.2, 0.25) is 0 Å². The third-order valence-corrected chi connectivity index (χ3v) is 4.87. The lowest BCUT2D eigenvalue weighted by molar-refractivity contribution is -0.124. The van der Waals surface area contributed by atoms with E-state index in [1.54, 1.807) is 0 Å². The first-order chi connectivity index (χ1) is 9.58. The Morgan fingerprint density at radius 3 is 2.75 bits per heavy atom. The fourth-order valence-corrected chi connectivity index (χ4v) is 3.68. The highest BCUT2D eigenvalue weighted by Crippen LogP contribution is 2.30. The molecule has 0 bridgehead atoms. The second kappa shape index (κ2) is 5.20. The zero-order chi connectivity index (χ0) is 14.3. The van der Waals surface area contributed by atoms with Crippen LogP contribution in [0.3, 0.4) is 0 Å². The molecule has 20 heavy (non-hydrogen) atoms. The number of likely N-dealkylation sites (tertiary alicyclic amines) is 1. The molecule has 3 heterocycles. The molecule has 110 valence electrons. The predicted molar refractivity (Wildman–Crippen MR) is 77.3 cm³/mol. The number of rotatable bonds is 3. The maximum Gasteiger partial charge on any atom is 0.220 e. The number of hydrogen-bond acceptors (Lipinski definition) is 3. The highest BCUT2D eigenvalue weighted by Gasteiger charge is 2.37. The minimum atomic E-state index is 0.222. The van der Waals surface area contributed by atoms with Crippen molar-refractivity contribution in [1.29, 1.82) is 0 Å². The molecule has 1 aromatic rings. The van der Waals surface area contributed by atoms with E-state index in [9.17, 15) is 4.79 Å². The molecule has 2 saturated heterocycles. The second-order valence-electron chi connectivity index (χ2n) is 6.19. The summed E-state index contributed by atoms with van der Waals surface area (Å²) in [6.07, 6.45) is 0.702. The van der Waals surface area contributed by atoms with E-state index in [1.165, 1.54) is 11.3 Å². The summed E-state index contributed by atoms with van der Waals surface area (Å²) in [5.41, 5.74) is 3.80. The molecular weight excluding hydrogens is 252 g/mol. The Hall–Kier alpha value is -1.36. The monoisotopic (exact) mass is 276 g/mol. The third kappa shape index (κ3) is 2.35. The minimum Gasteiger partial charge on any atom is -0.356 e. The van der Waals surface area contributed by atoms with E-state index in [-0.39, 0.29) is 5.91 Å². The first-order valence-electron chi connectivity index (χ1n) is 7.60. The lowest BCUT2D eigenvalue weighted by atomic mass is 9.89. The topological polar surface area (TPSA) is 50.2 Å². The molecule has 0 spiro atoms. The Kier molecular flexibility index (Phi) is 3.54. The van der Waals surface area contributed by atoms with E-state index < -0.39 is 0 Å². The molecule has 3 rings (SSSR count). The van der Waals surface area contributed by atoms with Gasteiger partial charge in [0, 0.05) is 50.4 Å². The average molecular weight is 276 g/mol. The molecule has 1 amide bonds. The van der Waals surface area contributed by atoms with Gasteiger partial charge < -0.3 is 5.32 Å². The molecule has 1 N–H and O–H groups in total. The Balaban J connectivity index is 1.70. The second-order valence-corrected chi connectivity index (χ2v) is 6.19. The fourth-order valence-electron chi connectivity index (χ4n) is 3.68. The van der Waals surface area contributed by atoms with Gasteiger partial charge in [-0.15, -0.1) is 0 Å². The van der Waals surface area contributed by atoms with Crippen LogP contribution in [0.15, 0.2) is 0 Å². The molecule has 0 aliphatic carbocycles. The van der Waals surface area contributed by atoms with Crippen molar-refractivity contribution < 1.29 is 4.79 Å². The Morgan fingerprint density at radius 2 is 2.05 bits per heavy atom. The maximum absolute atomic E-state index is 11.5. The summed E-state index contributed by atoms with van der Waals surface area (Å²) < 4.78 is 2.08. The number of carbonyl (C=O) groups is 1. The number of amides is 1. The van der Waals surface area contributed by atoms with Gasteiger partial charge in [-0.3, -0.25) is 14.4 Å². The van der Waals surface area contributed by atoms with Gasteiger partial charge in [0.15, 0.2) is 0 Å². The van der Waals surface area contributed by atoms with Crippen LogP contribution >= 0.6 is 0 Å². The van der Waals surface area contributed by atoms with Gasteiger partial charge >= 0.3 is 0 Å². The number of carbonyl (C=O) groups excluding carboxylic acids is 1. The van der Waals surface area contributed by atoms with E-state index in [0.29, 0.717) is 18.3 Å². The Morgan fingerprint density at radius 1 is 1.30 bits per heavy atom. The largest absolute Gasteiger partial charge is 0.356 e.